The lowest BCUT2D eigenvalue weighted by Gasteiger charge is -2.24. The Kier molecular flexibility index (Phi) is 9.95. The first kappa shape index (κ1) is 24.4. The van der Waals surface area contributed by atoms with Crippen LogP contribution in [0.1, 0.15) is 44.7 Å². The summed E-state index contributed by atoms with van der Waals surface area (Å²) in [5.41, 5.74) is 1.01. The highest BCUT2D eigenvalue weighted by Gasteiger charge is 2.25. The average molecular weight is 499 g/mol. The molecule has 1 aromatic heterocycles. The second-order valence-electron chi connectivity index (χ2n) is 7.51. The van der Waals surface area contributed by atoms with Crippen molar-refractivity contribution in [1.29, 1.82) is 0 Å². The van der Waals surface area contributed by atoms with Gasteiger partial charge in [-0.15, -0.1) is 24.0 Å². The van der Waals surface area contributed by atoms with E-state index >= 15 is 0 Å². The molecule has 0 amide bonds. The zero-order chi connectivity index (χ0) is 19.9. The van der Waals surface area contributed by atoms with Gasteiger partial charge in [0.15, 0.2) is 5.96 Å². The maximum Gasteiger partial charge on any atom is 0.191 e. The van der Waals surface area contributed by atoms with Gasteiger partial charge in [-0.1, -0.05) is 44.2 Å². The van der Waals surface area contributed by atoms with E-state index in [0.717, 1.165) is 18.7 Å². The minimum atomic E-state index is -1.06. The monoisotopic (exact) mass is 499 g/mol. The van der Waals surface area contributed by atoms with Crippen molar-refractivity contribution in [2.24, 2.45) is 18.0 Å². The molecular formula is C21H34IN5O. The maximum absolute atomic E-state index is 10.7. The highest BCUT2D eigenvalue weighted by Crippen LogP contribution is 2.23. The summed E-state index contributed by atoms with van der Waals surface area (Å²) in [5, 5.41) is 21.6. The Hall–Kier alpha value is -1.61. The Morgan fingerprint density at radius 3 is 2.46 bits per heavy atom. The van der Waals surface area contributed by atoms with Crippen molar-refractivity contribution in [2.75, 3.05) is 19.6 Å². The topological polar surface area (TPSA) is 74.5 Å². The maximum atomic E-state index is 10.7. The Bertz CT molecular complexity index is 727. The average Bonchev–Trinajstić information content (AvgIpc) is 3.08. The van der Waals surface area contributed by atoms with E-state index in [1.54, 1.807) is 17.8 Å². The molecule has 6 nitrogen and oxygen atoms in total. The molecule has 2 unspecified atom stereocenters. The third-order valence-electron chi connectivity index (χ3n) is 4.74. The van der Waals surface area contributed by atoms with Gasteiger partial charge in [-0.25, -0.2) is 4.99 Å². The molecule has 0 aliphatic carbocycles. The Labute approximate surface area is 185 Å². The van der Waals surface area contributed by atoms with Crippen molar-refractivity contribution in [3.63, 3.8) is 0 Å². The lowest BCUT2D eigenvalue weighted by Crippen LogP contribution is -2.41. The molecule has 3 N–H and O–H groups in total. The molecule has 2 aromatic rings. The first-order valence-corrected chi connectivity index (χ1v) is 9.62. The number of guanidine groups is 1. The van der Waals surface area contributed by atoms with E-state index in [-0.39, 0.29) is 30.5 Å². The molecule has 156 valence electrons. The van der Waals surface area contributed by atoms with Gasteiger partial charge in [-0.2, -0.15) is 5.10 Å². The molecule has 1 heterocycles. The SMILES string of the molecule is CCNC(=NCC(C)(O)c1cnn(C)c1)NCC(c1ccccc1)C(C)C.I. The zero-order valence-corrected chi connectivity index (χ0v) is 19.8. The van der Waals surface area contributed by atoms with Crippen LogP contribution in [-0.2, 0) is 12.6 Å². The van der Waals surface area contributed by atoms with E-state index in [1.165, 1.54) is 5.56 Å². The molecule has 0 aliphatic rings. The quantitative estimate of drug-likeness (QED) is 0.296. The van der Waals surface area contributed by atoms with Crippen molar-refractivity contribution in [3.8, 4) is 0 Å². The highest BCUT2D eigenvalue weighted by molar-refractivity contribution is 14.0. The lowest BCUT2D eigenvalue weighted by atomic mass is 9.88. The van der Waals surface area contributed by atoms with Gasteiger partial charge in [0.1, 0.15) is 5.60 Å². The van der Waals surface area contributed by atoms with Crippen LogP contribution in [0.25, 0.3) is 0 Å². The molecule has 2 atom stereocenters. The molecule has 0 saturated carbocycles. The van der Waals surface area contributed by atoms with Gasteiger partial charge in [-0.05, 0) is 25.3 Å². The number of nitrogens with one attached hydrogen (secondary N) is 2. The number of aryl methyl sites for hydroxylation is 1. The van der Waals surface area contributed by atoms with Crippen LogP contribution in [0.5, 0.6) is 0 Å². The number of aliphatic hydroxyl groups is 1. The summed E-state index contributed by atoms with van der Waals surface area (Å²) in [6.07, 6.45) is 3.50. The van der Waals surface area contributed by atoms with Gasteiger partial charge < -0.3 is 15.7 Å². The Balaban J connectivity index is 0.00000392. The summed E-state index contributed by atoms with van der Waals surface area (Å²) in [7, 11) is 1.84. The van der Waals surface area contributed by atoms with Crippen LogP contribution in [-0.4, -0.2) is 40.5 Å². The summed E-state index contributed by atoms with van der Waals surface area (Å²) in [5.74, 6) is 1.60. The van der Waals surface area contributed by atoms with Crippen molar-refractivity contribution in [2.45, 2.75) is 39.2 Å². The highest BCUT2D eigenvalue weighted by atomic mass is 127. The molecule has 0 saturated heterocycles. The van der Waals surface area contributed by atoms with E-state index in [1.807, 2.05) is 26.2 Å². The largest absolute Gasteiger partial charge is 0.383 e. The minimum absolute atomic E-state index is 0. The van der Waals surface area contributed by atoms with Gasteiger partial charge in [0.2, 0.25) is 0 Å². The third kappa shape index (κ3) is 7.09. The Morgan fingerprint density at radius 2 is 1.93 bits per heavy atom. The number of rotatable bonds is 8. The first-order valence-electron chi connectivity index (χ1n) is 9.62. The third-order valence-corrected chi connectivity index (χ3v) is 4.74. The lowest BCUT2D eigenvalue weighted by molar-refractivity contribution is 0.0671. The van der Waals surface area contributed by atoms with E-state index < -0.39 is 5.60 Å². The number of halogens is 1. The van der Waals surface area contributed by atoms with Gasteiger partial charge in [0.05, 0.1) is 12.7 Å². The summed E-state index contributed by atoms with van der Waals surface area (Å²) in [6.45, 7) is 10.1. The molecule has 0 fully saturated rings. The number of benzene rings is 1. The van der Waals surface area contributed by atoms with Crippen molar-refractivity contribution < 1.29 is 5.11 Å². The zero-order valence-electron chi connectivity index (χ0n) is 17.5. The van der Waals surface area contributed by atoms with Crippen LogP contribution in [0.15, 0.2) is 47.7 Å². The fourth-order valence-electron chi connectivity index (χ4n) is 3.01. The van der Waals surface area contributed by atoms with E-state index in [9.17, 15) is 5.11 Å². The van der Waals surface area contributed by atoms with Crippen LogP contribution in [0.2, 0.25) is 0 Å². The molecule has 0 spiro atoms. The fraction of sp³-hybridized carbons (Fsp3) is 0.524. The van der Waals surface area contributed by atoms with Gasteiger partial charge in [-0.3, -0.25) is 4.68 Å². The summed E-state index contributed by atoms with van der Waals surface area (Å²) >= 11 is 0. The summed E-state index contributed by atoms with van der Waals surface area (Å²) in [6, 6.07) is 10.5. The van der Waals surface area contributed by atoms with E-state index in [2.05, 4.69) is 58.8 Å². The van der Waals surface area contributed by atoms with Crippen LogP contribution >= 0.6 is 24.0 Å². The molecular weight excluding hydrogens is 465 g/mol. The summed E-state index contributed by atoms with van der Waals surface area (Å²) < 4.78 is 1.68. The fourth-order valence-corrected chi connectivity index (χ4v) is 3.01. The van der Waals surface area contributed by atoms with Gasteiger partial charge >= 0.3 is 0 Å². The number of hydrogen-bond acceptors (Lipinski definition) is 3. The number of nitrogens with zero attached hydrogens (tertiary/aromatic N) is 3. The second-order valence-corrected chi connectivity index (χ2v) is 7.51. The first-order chi connectivity index (χ1) is 12.8. The Morgan fingerprint density at radius 1 is 1.25 bits per heavy atom. The predicted molar refractivity (Wildman–Crippen MR) is 126 cm³/mol. The van der Waals surface area contributed by atoms with Crippen LogP contribution in [0.3, 0.4) is 0 Å². The predicted octanol–water partition coefficient (Wildman–Crippen LogP) is 3.24. The van der Waals surface area contributed by atoms with E-state index in [4.69, 9.17) is 0 Å². The number of aromatic nitrogens is 2. The molecule has 28 heavy (non-hydrogen) atoms. The molecule has 0 bridgehead atoms. The van der Waals surface area contributed by atoms with Crippen LogP contribution in [0.4, 0.5) is 0 Å². The van der Waals surface area contributed by atoms with Gasteiger partial charge in [0.25, 0.3) is 0 Å². The van der Waals surface area contributed by atoms with E-state index in [0.29, 0.717) is 17.8 Å². The minimum Gasteiger partial charge on any atom is -0.383 e. The molecule has 2 rings (SSSR count). The van der Waals surface area contributed by atoms with Crippen LogP contribution in [0, 0.1) is 5.92 Å². The molecule has 7 heteroatoms. The molecule has 0 aliphatic heterocycles. The standard InChI is InChI=1S/C21H33N5O.HI/c1-6-22-20(24-15-21(4,27)18-12-25-26(5)14-18)23-13-19(16(2)3)17-10-8-7-9-11-17;/h7-12,14,16,19,27H,6,13,15H2,1-5H3,(H2,22,23,24);1H. The van der Waals surface area contributed by atoms with Crippen LogP contribution < -0.4 is 10.6 Å². The number of hydrogen-bond donors (Lipinski definition) is 3. The second kappa shape index (κ2) is 11.4. The van der Waals surface area contributed by atoms with Crippen molar-refractivity contribution >= 4 is 29.9 Å². The summed E-state index contributed by atoms with van der Waals surface area (Å²) in [4.78, 5) is 4.60. The van der Waals surface area contributed by atoms with Crippen molar-refractivity contribution in [1.82, 2.24) is 20.4 Å². The molecule has 1 aromatic carbocycles. The molecule has 0 radical (unpaired) electrons. The smallest absolute Gasteiger partial charge is 0.191 e. The normalized spacial score (nSPS) is 14.9. The van der Waals surface area contributed by atoms with Gasteiger partial charge in [0, 0.05) is 37.8 Å². The van der Waals surface area contributed by atoms with Crippen molar-refractivity contribution in [3.05, 3.63) is 53.9 Å². The number of aliphatic imine (C=N–C) groups is 1.